The van der Waals surface area contributed by atoms with E-state index in [1.165, 1.54) is 19.5 Å². The van der Waals surface area contributed by atoms with E-state index in [1.807, 2.05) is 0 Å². The van der Waals surface area contributed by atoms with Gasteiger partial charge >= 0.3 is 0 Å². The molecule has 0 radical (unpaired) electrons. The third kappa shape index (κ3) is 2.08. The molecule has 2 bridgehead atoms. The first-order valence-electron chi connectivity index (χ1n) is 5.53. The van der Waals surface area contributed by atoms with Crippen LogP contribution in [-0.2, 0) is 0 Å². The van der Waals surface area contributed by atoms with E-state index in [0.29, 0.717) is 6.04 Å². The summed E-state index contributed by atoms with van der Waals surface area (Å²) in [6.07, 6.45) is 2.42. The van der Waals surface area contributed by atoms with Crippen molar-refractivity contribution >= 4 is 0 Å². The lowest BCUT2D eigenvalue weighted by Gasteiger charge is -2.33. The molecule has 14 heavy (non-hydrogen) atoms. The van der Waals surface area contributed by atoms with Crippen molar-refractivity contribution < 1.29 is 10.2 Å². The molecule has 82 valence electrons. The van der Waals surface area contributed by atoms with Crippen LogP contribution >= 0.6 is 0 Å². The van der Waals surface area contributed by atoms with E-state index < -0.39 is 0 Å². The van der Waals surface area contributed by atoms with Crippen LogP contribution in [0, 0.1) is 5.92 Å². The average Bonchev–Trinajstić information content (AvgIpc) is 2.61. The Bertz CT molecular complexity index is 185. The lowest BCUT2D eigenvalue weighted by atomic mass is 9.93. The smallest absolute Gasteiger partial charge is 0.0607 e. The number of hydrogen-bond acceptors (Lipinski definition) is 4. The van der Waals surface area contributed by atoms with Gasteiger partial charge in [-0.2, -0.15) is 0 Å². The summed E-state index contributed by atoms with van der Waals surface area (Å²) in [4.78, 5) is 2.50. The number of nitrogens with one attached hydrogen (secondary N) is 1. The van der Waals surface area contributed by atoms with Crippen LogP contribution in [0.2, 0.25) is 0 Å². The lowest BCUT2D eigenvalue weighted by molar-refractivity contribution is 0.136. The van der Waals surface area contributed by atoms with E-state index in [4.69, 9.17) is 10.2 Å². The summed E-state index contributed by atoms with van der Waals surface area (Å²) in [6, 6.07) is 0.366. The van der Waals surface area contributed by atoms with Gasteiger partial charge in [-0.3, -0.25) is 0 Å². The fraction of sp³-hybridized carbons (Fsp3) is 1.00. The van der Waals surface area contributed by atoms with Gasteiger partial charge < -0.3 is 20.4 Å². The van der Waals surface area contributed by atoms with Gasteiger partial charge in [-0.05, 0) is 31.8 Å². The molecule has 2 fully saturated rings. The molecular weight excluding hydrogens is 180 g/mol. The van der Waals surface area contributed by atoms with Crippen LogP contribution in [-0.4, -0.2) is 60.0 Å². The van der Waals surface area contributed by atoms with Gasteiger partial charge in [0.2, 0.25) is 0 Å². The van der Waals surface area contributed by atoms with Crippen LogP contribution in [0.1, 0.15) is 12.8 Å². The molecule has 0 spiro atoms. The molecule has 2 rings (SSSR count). The Labute approximate surface area is 84.9 Å². The first-order chi connectivity index (χ1) is 6.83. The summed E-state index contributed by atoms with van der Waals surface area (Å²) in [7, 11) is 0. The van der Waals surface area contributed by atoms with Gasteiger partial charge in [0.15, 0.2) is 0 Å². The van der Waals surface area contributed by atoms with Crippen molar-refractivity contribution in [3.63, 3.8) is 0 Å². The Kier molecular flexibility index (Phi) is 3.38. The summed E-state index contributed by atoms with van der Waals surface area (Å²) in [6.45, 7) is 3.65. The number of rotatable bonds is 4. The molecule has 3 atom stereocenters. The first kappa shape index (κ1) is 10.4. The summed E-state index contributed by atoms with van der Waals surface area (Å²) < 4.78 is 0. The Morgan fingerprint density at radius 3 is 2.64 bits per heavy atom. The molecule has 2 aliphatic heterocycles. The molecule has 3 N–H and O–H groups in total. The Morgan fingerprint density at radius 1 is 1.21 bits per heavy atom. The minimum absolute atomic E-state index is 0.0312. The van der Waals surface area contributed by atoms with Crippen LogP contribution in [0.25, 0.3) is 0 Å². The van der Waals surface area contributed by atoms with Gasteiger partial charge in [0.05, 0.1) is 19.3 Å². The van der Waals surface area contributed by atoms with E-state index in [0.717, 1.165) is 18.9 Å². The molecule has 2 saturated heterocycles. The number of aliphatic hydroxyl groups is 2. The number of hydrogen-bond donors (Lipinski definition) is 3. The van der Waals surface area contributed by atoms with Crippen molar-refractivity contribution in [3.8, 4) is 0 Å². The van der Waals surface area contributed by atoms with E-state index in [1.54, 1.807) is 0 Å². The second-order valence-corrected chi connectivity index (χ2v) is 4.47. The highest BCUT2D eigenvalue weighted by molar-refractivity contribution is 4.91. The van der Waals surface area contributed by atoms with Gasteiger partial charge in [0, 0.05) is 12.6 Å². The highest BCUT2D eigenvalue weighted by Crippen LogP contribution is 2.27. The van der Waals surface area contributed by atoms with Gasteiger partial charge in [-0.25, -0.2) is 0 Å². The van der Waals surface area contributed by atoms with E-state index in [9.17, 15) is 0 Å². The second-order valence-electron chi connectivity index (χ2n) is 4.47. The molecule has 0 aromatic rings. The highest BCUT2D eigenvalue weighted by atomic mass is 16.3. The molecule has 0 aromatic heterocycles. The topological polar surface area (TPSA) is 55.7 Å². The van der Waals surface area contributed by atoms with Crippen molar-refractivity contribution in [1.29, 1.82) is 0 Å². The van der Waals surface area contributed by atoms with E-state index in [-0.39, 0.29) is 19.3 Å². The SMILES string of the molecule is OCC(CO)NC1CCN2CCC1C2. The zero-order chi connectivity index (χ0) is 9.97. The van der Waals surface area contributed by atoms with Gasteiger partial charge in [-0.15, -0.1) is 0 Å². The monoisotopic (exact) mass is 200 g/mol. The molecule has 0 amide bonds. The predicted molar refractivity (Wildman–Crippen MR) is 54.0 cm³/mol. The summed E-state index contributed by atoms with van der Waals surface area (Å²) in [5.74, 6) is 0.726. The molecule has 0 saturated carbocycles. The van der Waals surface area contributed by atoms with Crippen LogP contribution in [0.3, 0.4) is 0 Å². The number of aliphatic hydroxyl groups excluding tert-OH is 2. The maximum atomic E-state index is 8.99. The predicted octanol–water partition coefficient (Wildman–Crippen LogP) is -0.977. The lowest BCUT2D eigenvalue weighted by Crippen LogP contribution is -2.50. The fourth-order valence-electron chi connectivity index (χ4n) is 2.64. The summed E-state index contributed by atoms with van der Waals surface area (Å²) >= 11 is 0. The zero-order valence-electron chi connectivity index (χ0n) is 8.52. The van der Waals surface area contributed by atoms with Crippen molar-refractivity contribution in [2.45, 2.75) is 24.9 Å². The minimum atomic E-state index is -0.132. The average molecular weight is 200 g/mol. The largest absolute Gasteiger partial charge is 0.395 e. The molecule has 2 heterocycles. The number of fused-ring (bicyclic) bond motifs is 2. The standard InChI is InChI=1S/C10H20N2O2/c13-6-9(7-14)11-10-2-4-12-3-1-8(10)5-12/h8-11,13-14H,1-7H2. The van der Waals surface area contributed by atoms with Crippen LogP contribution in [0.5, 0.6) is 0 Å². The Morgan fingerprint density at radius 2 is 1.93 bits per heavy atom. The maximum absolute atomic E-state index is 8.99. The summed E-state index contributed by atoms with van der Waals surface area (Å²) in [5, 5.41) is 21.3. The second kappa shape index (κ2) is 4.57. The third-order valence-corrected chi connectivity index (χ3v) is 3.52. The molecule has 2 aliphatic rings. The van der Waals surface area contributed by atoms with E-state index in [2.05, 4.69) is 10.2 Å². The molecule has 0 aromatic carbocycles. The van der Waals surface area contributed by atoms with Crippen LogP contribution in [0.4, 0.5) is 0 Å². The molecule has 4 heteroatoms. The third-order valence-electron chi connectivity index (χ3n) is 3.52. The van der Waals surface area contributed by atoms with Crippen LogP contribution < -0.4 is 5.32 Å². The summed E-state index contributed by atoms with van der Waals surface area (Å²) in [5.41, 5.74) is 0. The molecular formula is C10H20N2O2. The maximum Gasteiger partial charge on any atom is 0.0607 e. The van der Waals surface area contributed by atoms with Crippen LogP contribution in [0.15, 0.2) is 0 Å². The Balaban J connectivity index is 1.85. The Hall–Kier alpha value is -0.160. The van der Waals surface area contributed by atoms with Crippen molar-refractivity contribution in [2.75, 3.05) is 32.8 Å². The van der Waals surface area contributed by atoms with Gasteiger partial charge in [0.1, 0.15) is 0 Å². The van der Waals surface area contributed by atoms with Gasteiger partial charge in [-0.1, -0.05) is 0 Å². The van der Waals surface area contributed by atoms with Crippen molar-refractivity contribution in [2.24, 2.45) is 5.92 Å². The number of nitrogens with zero attached hydrogens (tertiary/aromatic N) is 1. The fourth-order valence-corrected chi connectivity index (χ4v) is 2.64. The van der Waals surface area contributed by atoms with E-state index >= 15 is 0 Å². The first-order valence-corrected chi connectivity index (χ1v) is 5.53. The highest BCUT2D eigenvalue weighted by Gasteiger charge is 2.34. The van der Waals surface area contributed by atoms with Crippen molar-refractivity contribution in [1.82, 2.24) is 10.2 Å². The molecule has 0 aliphatic carbocycles. The van der Waals surface area contributed by atoms with Crippen molar-refractivity contribution in [3.05, 3.63) is 0 Å². The zero-order valence-corrected chi connectivity index (χ0v) is 8.52. The van der Waals surface area contributed by atoms with Gasteiger partial charge in [0.25, 0.3) is 0 Å². The number of piperidine rings is 1. The quantitative estimate of drug-likeness (QED) is 0.546. The minimum Gasteiger partial charge on any atom is -0.395 e. The molecule has 4 nitrogen and oxygen atoms in total. The molecule has 3 unspecified atom stereocenters. The normalized spacial score (nSPS) is 36.6.